The maximum absolute atomic E-state index is 6.12. The van der Waals surface area contributed by atoms with Crippen molar-refractivity contribution in [3.63, 3.8) is 0 Å². The van der Waals surface area contributed by atoms with Crippen LogP contribution in [0.4, 0.5) is 0 Å². The Morgan fingerprint density at radius 2 is 1.61 bits per heavy atom. The highest BCUT2D eigenvalue weighted by Crippen LogP contribution is 2.62. The highest BCUT2D eigenvalue weighted by atomic mass is 16.5. The largest absolute Gasteiger partial charge is 0.381 e. The fourth-order valence-corrected chi connectivity index (χ4v) is 8.06. The van der Waals surface area contributed by atoms with Gasteiger partial charge in [0, 0.05) is 19.1 Å². The summed E-state index contributed by atoms with van der Waals surface area (Å²) in [7, 11) is 1.92. The Bertz CT molecular complexity index is 1280. The molecule has 0 spiro atoms. The first-order valence-corrected chi connectivity index (χ1v) is 14.6. The lowest BCUT2D eigenvalue weighted by molar-refractivity contribution is 0.0784. The van der Waals surface area contributed by atoms with E-state index < -0.39 is 0 Å². The minimum absolute atomic E-state index is 0.119. The Kier molecular flexibility index (Phi) is 7.29. The lowest BCUT2D eigenvalue weighted by atomic mass is 9.53. The van der Waals surface area contributed by atoms with E-state index in [0.717, 1.165) is 25.9 Å². The molecule has 0 aliphatic heterocycles. The molecule has 2 heteroatoms. The van der Waals surface area contributed by atoms with Gasteiger partial charge in [-0.1, -0.05) is 95.6 Å². The van der Waals surface area contributed by atoms with Crippen molar-refractivity contribution in [3.8, 4) is 0 Å². The molecule has 6 rings (SSSR count). The van der Waals surface area contributed by atoms with Gasteiger partial charge in [0.2, 0.25) is 0 Å². The zero-order valence-corrected chi connectivity index (χ0v) is 23.2. The molecule has 3 aliphatic rings. The Balaban J connectivity index is 1.31. The van der Waals surface area contributed by atoms with E-state index in [2.05, 4.69) is 85.8 Å². The molecule has 38 heavy (non-hydrogen) atoms. The standard InChI is InChI=1S/C36H42O2/c1-27-14-16-32-30(22-27)15-17-33-34-23-31(37-2)25-35(34,18-9-21-38-26-29-12-7-4-8-13-29)19-20-36(32,33)24-28-10-5-3-6-11-28/h3-8,10-14,16,22,31H,9,15,17-21,23-26H2,1-2H3/t31-,35-,36+/m0/s1. The minimum Gasteiger partial charge on any atom is -0.381 e. The van der Waals surface area contributed by atoms with E-state index in [1.165, 1.54) is 55.2 Å². The van der Waals surface area contributed by atoms with Crippen molar-refractivity contribution in [2.45, 2.75) is 82.8 Å². The van der Waals surface area contributed by atoms with E-state index in [9.17, 15) is 0 Å². The van der Waals surface area contributed by atoms with Crippen LogP contribution in [0.25, 0.3) is 0 Å². The number of fused-ring (bicyclic) bond motifs is 4. The lowest BCUT2D eigenvalue weighted by Gasteiger charge is -2.51. The maximum Gasteiger partial charge on any atom is 0.0716 e. The monoisotopic (exact) mass is 506 g/mol. The minimum atomic E-state index is 0.119. The Labute approximate surface area is 229 Å². The molecule has 0 N–H and O–H groups in total. The molecule has 1 saturated carbocycles. The van der Waals surface area contributed by atoms with Crippen molar-refractivity contribution in [2.24, 2.45) is 5.41 Å². The number of benzene rings is 3. The van der Waals surface area contributed by atoms with E-state index in [1.54, 1.807) is 22.3 Å². The predicted octanol–water partition coefficient (Wildman–Crippen LogP) is 8.30. The Hall–Kier alpha value is -2.68. The van der Waals surface area contributed by atoms with Gasteiger partial charge in [0.15, 0.2) is 0 Å². The van der Waals surface area contributed by atoms with Gasteiger partial charge < -0.3 is 9.47 Å². The molecule has 3 aliphatic carbocycles. The summed E-state index contributed by atoms with van der Waals surface area (Å²) in [4.78, 5) is 0. The smallest absolute Gasteiger partial charge is 0.0716 e. The molecule has 3 aromatic rings. The number of allylic oxidation sites excluding steroid dienone is 1. The Morgan fingerprint density at radius 3 is 2.37 bits per heavy atom. The third-order valence-corrected chi connectivity index (χ3v) is 9.82. The number of methoxy groups -OCH3 is 1. The highest BCUT2D eigenvalue weighted by Gasteiger charge is 2.54. The molecule has 198 valence electrons. The van der Waals surface area contributed by atoms with Crippen LogP contribution in [0.5, 0.6) is 0 Å². The second kappa shape index (κ2) is 10.8. The van der Waals surface area contributed by atoms with Crippen LogP contribution in [0.3, 0.4) is 0 Å². The van der Waals surface area contributed by atoms with Gasteiger partial charge in [-0.05, 0) is 92.4 Å². The van der Waals surface area contributed by atoms with Crippen LogP contribution in [0.1, 0.15) is 72.8 Å². The van der Waals surface area contributed by atoms with Gasteiger partial charge in [0.1, 0.15) is 0 Å². The number of aryl methyl sites for hydroxylation is 2. The fraction of sp³-hybridized carbons (Fsp3) is 0.444. The van der Waals surface area contributed by atoms with E-state index >= 15 is 0 Å². The summed E-state index contributed by atoms with van der Waals surface area (Å²) in [5, 5.41) is 0. The third-order valence-electron chi connectivity index (χ3n) is 9.82. The quantitative estimate of drug-likeness (QED) is 0.215. The van der Waals surface area contributed by atoms with Gasteiger partial charge in [-0.3, -0.25) is 0 Å². The summed E-state index contributed by atoms with van der Waals surface area (Å²) in [5.74, 6) is 0. The van der Waals surface area contributed by atoms with E-state index in [0.29, 0.717) is 12.7 Å². The molecular formula is C36H42O2. The van der Waals surface area contributed by atoms with Crippen LogP contribution in [-0.4, -0.2) is 19.8 Å². The highest BCUT2D eigenvalue weighted by molar-refractivity contribution is 5.53. The molecule has 1 fully saturated rings. The fourth-order valence-electron chi connectivity index (χ4n) is 8.06. The lowest BCUT2D eigenvalue weighted by Crippen LogP contribution is -2.43. The predicted molar refractivity (Wildman–Crippen MR) is 155 cm³/mol. The normalized spacial score (nSPS) is 26.1. The van der Waals surface area contributed by atoms with Crippen LogP contribution in [0.2, 0.25) is 0 Å². The number of rotatable bonds is 9. The molecular weight excluding hydrogens is 464 g/mol. The number of ether oxygens (including phenoxy) is 2. The molecule has 2 nitrogen and oxygen atoms in total. The summed E-state index contributed by atoms with van der Waals surface area (Å²) in [6, 6.07) is 29.0. The maximum atomic E-state index is 6.12. The van der Waals surface area contributed by atoms with Crippen molar-refractivity contribution in [2.75, 3.05) is 13.7 Å². The molecule has 0 radical (unpaired) electrons. The number of hydrogen-bond acceptors (Lipinski definition) is 2. The Morgan fingerprint density at radius 1 is 0.842 bits per heavy atom. The van der Waals surface area contributed by atoms with E-state index in [1.807, 2.05) is 7.11 Å². The summed E-state index contributed by atoms with van der Waals surface area (Å²) in [6.07, 6.45) is 10.9. The van der Waals surface area contributed by atoms with Gasteiger partial charge in [-0.2, -0.15) is 0 Å². The van der Waals surface area contributed by atoms with Gasteiger partial charge in [0.05, 0.1) is 12.7 Å². The SMILES string of the molecule is CO[C@H]1CC2=C3CCc4cc(C)ccc4[C@]3(Cc3ccccc3)CC[C@@]2(CCCOCc2ccccc2)C1. The van der Waals surface area contributed by atoms with Gasteiger partial charge in [-0.15, -0.1) is 0 Å². The van der Waals surface area contributed by atoms with E-state index in [-0.39, 0.29) is 10.8 Å². The first-order chi connectivity index (χ1) is 18.6. The zero-order chi connectivity index (χ0) is 26.0. The topological polar surface area (TPSA) is 18.5 Å². The average molecular weight is 507 g/mol. The summed E-state index contributed by atoms with van der Waals surface area (Å²) < 4.78 is 12.2. The third kappa shape index (κ3) is 4.78. The van der Waals surface area contributed by atoms with Crippen LogP contribution in [0.15, 0.2) is 90.0 Å². The molecule has 0 saturated heterocycles. The van der Waals surface area contributed by atoms with Crippen molar-refractivity contribution in [1.29, 1.82) is 0 Å². The summed E-state index contributed by atoms with van der Waals surface area (Å²) in [6.45, 7) is 3.77. The van der Waals surface area contributed by atoms with Crippen LogP contribution < -0.4 is 0 Å². The van der Waals surface area contributed by atoms with Crippen molar-refractivity contribution < 1.29 is 9.47 Å². The van der Waals surface area contributed by atoms with Gasteiger partial charge in [-0.25, -0.2) is 0 Å². The molecule has 0 heterocycles. The molecule has 0 amide bonds. The first-order valence-electron chi connectivity index (χ1n) is 14.6. The first kappa shape index (κ1) is 25.6. The van der Waals surface area contributed by atoms with Crippen molar-refractivity contribution in [3.05, 3.63) is 118 Å². The van der Waals surface area contributed by atoms with Crippen LogP contribution in [-0.2, 0) is 34.3 Å². The molecule has 0 bridgehead atoms. The number of hydrogen-bond donors (Lipinski definition) is 0. The molecule has 0 aromatic heterocycles. The summed E-state index contributed by atoms with van der Waals surface area (Å²) >= 11 is 0. The van der Waals surface area contributed by atoms with Crippen molar-refractivity contribution >= 4 is 0 Å². The average Bonchev–Trinajstić information content (AvgIpc) is 3.33. The van der Waals surface area contributed by atoms with Crippen molar-refractivity contribution in [1.82, 2.24) is 0 Å². The van der Waals surface area contributed by atoms with Crippen LogP contribution >= 0.6 is 0 Å². The summed E-state index contributed by atoms with van der Waals surface area (Å²) in [5.41, 5.74) is 11.2. The molecule has 3 atom stereocenters. The zero-order valence-electron chi connectivity index (χ0n) is 23.2. The van der Waals surface area contributed by atoms with Gasteiger partial charge >= 0.3 is 0 Å². The van der Waals surface area contributed by atoms with E-state index in [4.69, 9.17) is 9.47 Å². The second-order valence-corrected chi connectivity index (χ2v) is 12.1. The van der Waals surface area contributed by atoms with Gasteiger partial charge in [0.25, 0.3) is 0 Å². The second-order valence-electron chi connectivity index (χ2n) is 12.1. The molecule has 0 unspecified atom stereocenters. The molecule has 3 aromatic carbocycles. The van der Waals surface area contributed by atoms with Crippen LogP contribution in [0, 0.1) is 12.3 Å².